The van der Waals surface area contributed by atoms with Crippen LogP contribution in [0.2, 0.25) is 10.0 Å². The van der Waals surface area contributed by atoms with Crippen LogP contribution in [0.3, 0.4) is 0 Å². The Balaban J connectivity index is 1.91. The molecule has 0 aliphatic carbocycles. The second-order valence-corrected chi connectivity index (χ2v) is 5.69. The molecule has 5 heteroatoms. The van der Waals surface area contributed by atoms with Gasteiger partial charge < -0.3 is 10.1 Å². The first-order chi connectivity index (χ1) is 10.6. The molecule has 0 heterocycles. The third-order valence-electron chi connectivity index (χ3n) is 3.14. The first-order valence-corrected chi connectivity index (χ1v) is 7.78. The van der Waals surface area contributed by atoms with Crippen LogP contribution in [0.5, 0.6) is 5.75 Å². The first-order valence-electron chi connectivity index (χ1n) is 7.03. The molecule has 0 aromatic heterocycles. The summed E-state index contributed by atoms with van der Waals surface area (Å²) in [5.74, 6) is 0.477. The molecule has 0 unspecified atom stereocenters. The van der Waals surface area contributed by atoms with Crippen molar-refractivity contribution in [1.82, 2.24) is 5.32 Å². The molecule has 0 fully saturated rings. The Morgan fingerprint density at radius 3 is 2.14 bits per heavy atom. The van der Waals surface area contributed by atoms with Gasteiger partial charge in [-0.15, -0.1) is 0 Å². The third kappa shape index (κ3) is 4.93. The Morgan fingerprint density at radius 2 is 1.59 bits per heavy atom. The van der Waals surface area contributed by atoms with Gasteiger partial charge in [0.1, 0.15) is 5.75 Å². The number of nitrogens with one attached hydrogen (secondary N) is 1. The van der Waals surface area contributed by atoms with E-state index in [2.05, 4.69) is 5.32 Å². The molecular formula is C17H17Cl2NO2. The SMILES string of the molecule is CC[C@@H](Oc1ccc(Cl)cc1)C(=O)NCc1ccc(Cl)cc1. The van der Waals surface area contributed by atoms with Crippen LogP contribution >= 0.6 is 23.2 Å². The second-order valence-electron chi connectivity index (χ2n) is 4.81. The van der Waals surface area contributed by atoms with Crippen molar-refractivity contribution in [3.8, 4) is 5.75 Å². The molecule has 1 atom stereocenters. The molecule has 2 aromatic rings. The van der Waals surface area contributed by atoms with Crippen LogP contribution in [0, 0.1) is 0 Å². The van der Waals surface area contributed by atoms with Crippen molar-refractivity contribution in [3.63, 3.8) is 0 Å². The lowest BCUT2D eigenvalue weighted by molar-refractivity contribution is -0.128. The number of hydrogen-bond acceptors (Lipinski definition) is 2. The fourth-order valence-electron chi connectivity index (χ4n) is 1.90. The van der Waals surface area contributed by atoms with Crippen LogP contribution in [-0.2, 0) is 11.3 Å². The highest BCUT2D eigenvalue weighted by atomic mass is 35.5. The van der Waals surface area contributed by atoms with E-state index in [9.17, 15) is 4.79 Å². The molecule has 1 N–H and O–H groups in total. The molecule has 2 aromatic carbocycles. The zero-order valence-electron chi connectivity index (χ0n) is 12.2. The minimum absolute atomic E-state index is 0.146. The molecule has 0 radical (unpaired) electrons. The summed E-state index contributed by atoms with van der Waals surface area (Å²) in [6.07, 6.45) is 0.0446. The van der Waals surface area contributed by atoms with E-state index >= 15 is 0 Å². The van der Waals surface area contributed by atoms with Gasteiger partial charge in [-0.2, -0.15) is 0 Å². The van der Waals surface area contributed by atoms with E-state index in [1.165, 1.54) is 0 Å². The average Bonchev–Trinajstić information content (AvgIpc) is 2.53. The Labute approximate surface area is 140 Å². The average molecular weight is 338 g/mol. The molecule has 0 aliphatic heterocycles. The normalized spacial score (nSPS) is 11.8. The van der Waals surface area contributed by atoms with E-state index in [1.807, 2.05) is 19.1 Å². The number of benzene rings is 2. The first kappa shape index (κ1) is 16.7. The lowest BCUT2D eigenvalue weighted by atomic mass is 10.2. The van der Waals surface area contributed by atoms with Gasteiger partial charge in [-0.05, 0) is 48.4 Å². The van der Waals surface area contributed by atoms with Crippen molar-refractivity contribution >= 4 is 29.1 Å². The quantitative estimate of drug-likeness (QED) is 0.844. The molecule has 3 nitrogen and oxygen atoms in total. The van der Waals surface area contributed by atoms with E-state index in [-0.39, 0.29) is 5.91 Å². The topological polar surface area (TPSA) is 38.3 Å². The second kappa shape index (κ2) is 8.06. The van der Waals surface area contributed by atoms with Crippen molar-refractivity contribution in [3.05, 3.63) is 64.1 Å². The lowest BCUT2D eigenvalue weighted by Gasteiger charge is -2.17. The van der Waals surface area contributed by atoms with E-state index in [0.717, 1.165) is 5.56 Å². The fraction of sp³-hybridized carbons (Fsp3) is 0.235. The number of carbonyl (C=O) groups is 1. The molecule has 0 saturated carbocycles. The molecule has 0 spiro atoms. The minimum Gasteiger partial charge on any atom is -0.481 e. The van der Waals surface area contributed by atoms with Crippen LogP contribution in [0.4, 0.5) is 0 Å². The van der Waals surface area contributed by atoms with Crippen molar-refractivity contribution in [2.24, 2.45) is 0 Å². The molecule has 1 amide bonds. The summed E-state index contributed by atoms with van der Waals surface area (Å²) >= 11 is 11.7. The molecule has 2 rings (SSSR count). The Kier molecular flexibility index (Phi) is 6.10. The molecule has 0 bridgehead atoms. The van der Waals surface area contributed by atoms with Crippen LogP contribution in [0.25, 0.3) is 0 Å². The Bertz CT molecular complexity index is 612. The van der Waals surface area contributed by atoms with Gasteiger partial charge in [-0.25, -0.2) is 0 Å². The molecule has 0 saturated heterocycles. The van der Waals surface area contributed by atoms with E-state index in [4.69, 9.17) is 27.9 Å². The van der Waals surface area contributed by atoms with Gasteiger partial charge in [-0.3, -0.25) is 4.79 Å². The molecule has 22 heavy (non-hydrogen) atoms. The maximum Gasteiger partial charge on any atom is 0.261 e. The number of amides is 1. The van der Waals surface area contributed by atoms with Crippen LogP contribution in [0.15, 0.2) is 48.5 Å². The highest BCUT2D eigenvalue weighted by Crippen LogP contribution is 2.18. The summed E-state index contributed by atoms with van der Waals surface area (Å²) in [7, 11) is 0. The summed E-state index contributed by atoms with van der Waals surface area (Å²) < 4.78 is 5.70. The van der Waals surface area contributed by atoms with Crippen molar-refractivity contribution in [1.29, 1.82) is 0 Å². The van der Waals surface area contributed by atoms with Crippen molar-refractivity contribution < 1.29 is 9.53 Å². The monoisotopic (exact) mass is 337 g/mol. The van der Waals surface area contributed by atoms with E-state index in [0.29, 0.717) is 28.8 Å². The van der Waals surface area contributed by atoms with Crippen molar-refractivity contribution in [2.45, 2.75) is 26.0 Å². The van der Waals surface area contributed by atoms with Crippen molar-refractivity contribution in [2.75, 3.05) is 0 Å². The van der Waals surface area contributed by atoms with Gasteiger partial charge in [0, 0.05) is 16.6 Å². The highest BCUT2D eigenvalue weighted by molar-refractivity contribution is 6.30. The zero-order valence-corrected chi connectivity index (χ0v) is 13.7. The largest absolute Gasteiger partial charge is 0.481 e. The highest BCUT2D eigenvalue weighted by Gasteiger charge is 2.17. The fourth-order valence-corrected chi connectivity index (χ4v) is 2.16. The summed E-state index contributed by atoms with van der Waals surface area (Å²) in [4.78, 5) is 12.2. The molecule has 116 valence electrons. The molecule has 0 aliphatic rings. The van der Waals surface area contributed by atoms with Crippen LogP contribution < -0.4 is 10.1 Å². The summed E-state index contributed by atoms with van der Waals surface area (Å²) in [5.41, 5.74) is 0.985. The van der Waals surface area contributed by atoms with Crippen LogP contribution in [-0.4, -0.2) is 12.0 Å². The summed E-state index contributed by atoms with van der Waals surface area (Å²) in [5, 5.41) is 4.17. The minimum atomic E-state index is -0.534. The van der Waals surface area contributed by atoms with Gasteiger partial charge in [0.25, 0.3) is 5.91 Å². The summed E-state index contributed by atoms with van der Waals surface area (Å²) in [6.45, 7) is 2.35. The lowest BCUT2D eigenvalue weighted by Crippen LogP contribution is -2.37. The third-order valence-corrected chi connectivity index (χ3v) is 3.64. The summed E-state index contributed by atoms with van der Waals surface area (Å²) in [6, 6.07) is 14.3. The molecular weight excluding hydrogens is 321 g/mol. The number of ether oxygens (including phenoxy) is 1. The van der Waals surface area contributed by atoms with E-state index < -0.39 is 6.10 Å². The van der Waals surface area contributed by atoms with Gasteiger partial charge in [0.15, 0.2) is 6.10 Å². The maximum atomic E-state index is 12.2. The smallest absolute Gasteiger partial charge is 0.261 e. The van der Waals surface area contributed by atoms with Gasteiger partial charge in [0.05, 0.1) is 0 Å². The zero-order chi connectivity index (χ0) is 15.9. The standard InChI is InChI=1S/C17H17Cl2NO2/c1-2-16(22-15-9-7-14(19)8-10-15)17(21)20-11-12-3-5-13(18)6-4-12/h3-10,16H,2,11H2,1H3,(H,20,21)/t16-/m1/s1. The van der Waals surface area contributed by atoms with Gasteiger partial charge >= 0.3 is 0 Å². The van der Waals surface area contributed by atoms with Gasteiger partial charge in [-0.1, -0.05) is 42.3 Å². The van der Waals surface area contributed by atoms with Gasteiger partial charge in [0.2, 0.25) is 0 Å². The van der Waals surface area contributed by atoms with E-state index in [1.54, 1.807) is 36.4 Å². The number of carbonyl (C=O) groups excluding carboxylic acids is 1. The van der Waals surface area contributed by atoms with Crippen LogP contribution in [0.1, 0.15) is 18.9 Å². The Hall–Kier alpha value is -1.71. The predicted octanol–water partition coefficient (Wildman–Crippen LogP) is 4.47. The Morgan fingerprint density at radius 1 is 1.05 bits per heavy atom. The number of halogens is 2. The number of rotatable bonds is 6. The number of hydrogen-bond donors (Lipinski definition) is 1. The predicted molar refractivity (Wildman–Crippen MR) is 89.5 cm³/mol. The maximum absolute atomic E-state index is 12.2.